The minimum absolute atomic E-state index is 0.0697. The highest BCUT2D eigenvalue weighted by Gasteiger charge is 2.17. The minimum atomic E-state index is -0.105. The molecule has 2 rings (SSSR count). The van der Waals surface area contributed by atoms with Gasteiger partial charge in [-0.2, -0.15) is 0 Å². The molecule has 0 aliphatic heterocycles. The maximum atomic E-state index is 12.5. The van der Waals surface area contributed by atoms with Gasteiger partial charge in [-0.1, -0.05) is 30.7 Å². The number of rotatable bonds is 9. The number of hydrogen-bond acceptors (Lipinski definition) is 3. The van der Waals surface area contributed by atoms with E-state index < -0.39 is 0 Å². The highest BCUT2D eigenvalue weighted by atomic mass is 35.5. The third-order valence-electron chi connectivity index (χ3n) is 4.29. The van der Waals surface area contributed by atoms with Crippen LogP contribution >= 0.6 is 23.4 Å². The Balaban J connectivity index is 1.90. The van der Waals surface area contributed by atoms with Crippen LogP contribution in [0.2, 0.25) is 5.02 Å². The normalized spacial score (nSPS) is 11.8. The number of anilines is 1. The standard InChI is InChI=1S/C21H27ClN2OS/c1-4-20(26-19-13-9-17(22)10-14-19)21(25)23-15-16-7-11-18(12-8-16)24(5-2)6-3/h7-14,20H,4-6,15H2,1-3H3,(H,23,25). The van der Waals surface area contributed by atoms with E-state index in [9.17, 15) is 4.79 Å². The van der Waals surface area contributed by atoms with Crippen LogP contribution in [-0.2, 0) is 11.3 Å². The number of benzene rings is 2. The monoisotopic (exact) mass is 390 g/mol. The van der Waals surface area contributed by atoms with Crippen LogP contribution in [0.1, 0.15) is 32.8 Å². The second-order valence-electron chi connectivity index (χ2n) is 6.03. The SMILES string of the molecule is CCC(Sc1ccc(Cl)cc1)C(=O)NCc1ccc(N(CC)CC)cc1. The van der Waals surface area contributed by atoms with Crippen molar-refractivity contribution in [3.8, 4) is 0 Å². The third kappa shape index (κ3) is 5.96. The molecule has 0 saturated carbocycles. The Labute approximate surface area is 166 Å². The van der Waals surface area contributed by atoms with Gasteiger partial charge in [0.15, 0.2) is 0 Å². The maximum Gasteiger partial charge on any atom is 0.233 e. The van der Waals surface area contributed by atoms with E-state index in [2.05, 4.69) is 48.3 Å². The molecular weight excluding hydrogens is 364 g/mol. The fraction of sp³-hybridized carbons (Fsp3) is 0.381. The Morgan fingerprint density at radius 3 is 2.19 bits per heavy atom. The molecular formula is C21H27ClN2OS. The molecule has 5 heteroatoms. The molecule has 0 radical (unpaired) electrons. The lowest BCUT2D eigenvalue weighted by Gasteiger charge is -2.21. The van der Waals surface area contributed by atoms with E-state index in [0.29, 0.717) is 11.6 Å². The summed E-state index contributed by atoms with van der Waals surface area (Å²) in [5, 5.41) is 3.66. The molecule has 2 aromatic rings. The smallest absolute Gasteiger partial charge is 0.233 e. The van der Waals surface area contributed by atoms with Crippen molar-refractivity contribution in [2.75, 3.05) is 18.0 Å². The van der Waals surface area contributed by atoms with Gasteiger partial charge in [0.2, 0.25) is 5.91 Å². The van der Waals surface area contributed by atoms with Crippen molar-refractivity contribution < 1.29 is 4.79 Å². The summed E-state index contributed by atoms with van der Waals surface area (Å²) in [6.45, 7) is 8.88. The lowest BCUT2D eigenvalue weighted by Crippen LogP contribution is -2.31. The first-order valence-electron chi connectivity index (χ1n) is 9.11. The first-order valence-corrected chi connectivity index (χ1v) is 10.4. The summed E-state index contributed by atoms with van der Waals surface area (Å²) in [5.41, 5.74) is 2.33. The van der Waals surface area contributed by atoms with Crippen molar-refractivity contribution in [3.63, 3.8) is 0 Å². The van der Waals surface area contributed by atoms with Gasteiger partial charge in [0.1, 0.15) is 0 Å². The molecule has 0 aliphatic carbocycles. The Bertz CT molecular complexity index is 684. The van der Waals surface area contributed by atoms with Crippen molar-refractivity contribution in [2.45, 2.75) is 43.9 Å². The Kier molecular flexibility index (Phi) is 8.33. The van der Waals surface area contributed by atoms with Gasteiger partial charge in [0, 0.05) is 35.2 Å². The summed E-state index contributed by atoms with van der Waals surface area (Å²) < 4.78 is 0. The number of amides is 1. The van der Waals surface area contributed by atoms with Crippen molar-refractivity contribution in [1.82, 2.24) is 5.32 Å². The van der Waals surface area contributed by atoms with Gasteiger partial charge in [-0.05, 0) is 62.2 Å². The van der Waals surface area contributed by atoms with E-state index >= 15 is 0 Å². The van der Waals surface area contributed by atoms with Gasteiger partial charge < -0.3 is 10.2 Å². The topological polar surface area (TPSA) is 32.3 Å². The van der Waals surface area contributed by atoms with Gasteiger partial charge in [-0.25, -0.2) is 0 Å². The van der Waals surface area contributed by atoms with Crippen LogP contribution in [0.3, 0.4) is 0 Å². The minimum Gasteiger partial charge on any atom is -0.372 e. The molecule has 0 saturated heterocycles. The van der Waals surface area contributed by atoms with E-state index in [1.807, 2.05) is 31.2 Å². The van der Waals surface area contributed by atoms with E-state index in [-0.39, 0.29) is 11.2 Å². The molecule has 0 bridgehead atoms. The highest BCUT2D eigenvalue weighted by molar-refractivity contribution is 8.00. The number of halogens is 1. The average molecular weight is 391 g/mol. The predicted molar refractivity (Wildman–Crippen MR) is 113 cm³/mol. The second kappa shape index (κ2) is 10.5. The molecule has 0 aliphatic rings. The van der Waals surface area contributed by atoms with Crippen LogP contribution in [0.5, 0.6) is 0 Å². The van der Waals surface area contributed by atoms with E-state index in [1.165, 1.54) is 5.69 Å². The number of carbonyl (C=O) groups is 1. The molecule has 0 spiro atoms. The average Bonchev–Trinajstić information content (AvgIpc) is 2.67. The fourth-order valence-electron chi connectivity index (χ4n) is 2.72. The largest absolute Gasteiger partial charge is 0.372 e. The molecule has 1 N–H and O–H groups in total. The van der Waals surface area contributed by atoms with Crippen LogP contribution in [-0.4, -0.2) is 24.2 Å². The summed E-state index contributed by atoms with van der Waals surface area (Å²) in [6.07, 6.45) is 0.778. The van der Waals surface area contributed by atoms with Crippen molar-refractivity contribution in [1.29, 1.82) is 0 Å². The summed E-state index contributed by atoms with van der Waals surface area (Å²) in [4.78, 5) is 15.9. The zero-order valence-electron chi connectivity index (χ0n) is 15.7. The first kappa shape index (κ1) is 20.7. The molecule has 1 atom stereocenters. The Morgan fingerprint density at radius 1 is 1.04 bits per heavy atom. The van der Waals surface area contributed by atoms with Gasteiger partial charge in [-0.15, -0.1) is 11.8 Å². The van der Waals surface area contributed by atoms with Gasteiger partial charge in [0.05, 0.1) is 5.25 Å². The van der Waals surface area contributed by atoms with Crippen LogP contribution in [0, 0.1) is 0 Å². The number of hydrogen-bond donors (Lipinski definition) is 1. The summed E-state index contributed by atoms with van der Waals surface area (Å²) in [7, 11) is 0. The predicted octanol–water partition coefficient (Wildman–Crippen LogP) is 5.37. The third-order valence-corrected chi connectivity index (χ3v) is 5.92. The number of nitrogens with zero attached hydrogens (tertiary/aromatic N) is 1. The lowest BCUT2D eigenvalue weighted by molar-refractivity contribution is -0.120. The summed E-state index contributed by atoms with van der Waals surface area (Å²) in [5.74, 6) is 0.0697. The van der Waals surface area contributed by atoms with Crippen LogP contribution in [0.15, 0.2) is 53.4 Å². The van der Waals surface area contributed by atoms with Crippen molar-refractivity contribution in [3.05, 3.63) is 59.1 Å². The van der Waals surface area contributed by atoms with Gasteiger partial charge in [0.25, 0.3) is 0 Å². The van der Waals surface area contributed by atoms with E-state index in [4.69, 9.17) is 11.6 Å². The molecule has 26 heavy (non-hydrogen) atoms. The van der Waals surface area contributed by atoms with Gasteiger partial charge in [-0.3, -0.25) is 4.79 Å². The van der Waals surface area contributed by atoms with Crippen LogP contribution < -0.4 is 10.2 Å². The van der Waals surface area contributed by atoms with Crippen LogP contribution in [0.4, 0.5) is 5.69 Å². The molecule has 0 fully saturated rings. The molecule has 3 nitrogen and oxygen atoms in total. The van der Waals surface area contributed by atoms with Crippen molar-refractivity contribution >= 4 is 35.0 Å². The van der Waals surface area contributed by atoms with E-state index in [1.54, 1.807) is 11.8 Å². The van der Waals surface area contributed by atoms with Crippen molar-refractivity contribution in [2.24, 2.45) is 0 Å². The fourth-order valence-corrected chi connectivity index (χ4v) is 3.82. The summed E-state index contributed by atoms with van der Waals surface area (Å²) in [6, 6.07) is 16.0. The first-order chi connectivity index (χ1) is 12.6. The van der Waals surface area contributed by atoms with E-state index in [0.717, 1.165) is 30.0 Å². The van der Waals surface area contributed by atoms with Gasteiger partial charge >= 0.3 is 0 Å². The molecule has 140 valence electrons. The molecule has 0 aromatic heterocycles. The zero-order chi connectivity index (χ0) is 18.9. The van der Waals surface area contributed by atoms with Crippen LogP contribution in [0.25, 0.3) is 0 Å². The zero-order valence-corrected chi connectivity index (χ0v) is 17.2. The Hall–Kier alpha value is -1.65. The maximum absolute atomic E-state index is 12.5. The highest BCUT2D eigenvalue weighted by Crippen LogP contribution is 2.27. The quantitative estimate of drug-likeness (QED) is 0.584. The molecule has 1 unspecified atom stereocenters. The summed E-state index contributed by atoms with van der Waals surface area (Å²) >= 11 is 7.50. The molecule has 1 amide bonds. The molecule has 2 aromatic carbocycles. The lowest BCUT2D eigenvalue weighted by atomic mass is 10.2. The second-order valence-corrected chi connectivity index (χ2v) is 7.74. The molecule has 0 heterocycles. The number of nitrogens with one attached hydrogen (secondary N) is 1. The number of thioether (sulfide) groups is 1. The Morgan fingerprint density at radius 2 is 1.65 bits per heavy atom. The number of carbonyl (C=O) groups excluding carboxylic acids is 1.